The first-order valence-corrected chi connectivity index (χ1v) is 8.35. The average Bonchev–Trinajstić information content (AvgIpc) is 3.07. The molecule has 2 aromatic rings. The second-order valence-corrected chi connectivity index (χ2v) is 6.06. The van der Waals surface area contributed by atoms with Gasteiger partial charge in [0.1, 0.15) is 5.52 Å². The third-order valence-corrected chi connectivity index (χ3v) is 4.87. The van der Waals surface area contributed by atoms with E-state index in [1.165, 1.54) is 19.3 Å². The molecule has 1 aliphatic rings. The van der Waals surface area contributed by atoms with Crippen LogP contribution >= 0.6 is 11.8 Å². The number of nitrogens with one attached hydrogen (secondary N) is 3. The topological polar surface area (TPSA) is 78.5 Å². The van der Waals surface area contributed by atoms with Crippen LogP contribution in [0, 0.1) is 0 Å². The molecule has 0 aromatic carbocycles. The van der Waals surface area contributed by atoms with E-state index in [1.807, 2.05) is 18.7 Å². The van der Waals surface area contributed by atoms with Crippen molar-refractivity contribution in [1.29, 1.82) is 0 Å². The smallest absolute Gasteiger partial charge is 0.226 e. The zero-order chi connectivity index (χ0) is 13.9. The van der Waals surface area contributed by atoms with Gasteiger partial charge in [-0.15, -0.1) is 0 Å². The SMILES string of the molecule is CCNc1nc(NC2CCCC2SC)c2[nH]cnc2n1. The minimum Gasteiger partial charge on any atom is -0.364 e. The molecule has 0 bridgehead atoms. The van der Waals surface area contributed by atoms with E-state index < -0.39 is 0 Å². The van der Waals surface area contributed by atoms with Gasteiger partial charge in [0.15, 0.2) is 11.5 Å². The Morgan fingerprint density at radius 1 is 1.40 bits per heavy atom. The van der Waals surface area contributed by atoms with Crippen LogP contribution < -0.4 is 10.6 Å². The van der Waals surface area contributed by atoms with E-state index in [1.54, 1.807) is 6.33 Å². The molecule has 6 nitrogen and oxygen atoms in total. The van der Waals surface area contributed by atoms with Gasteiger partial charge in [0.25, 0.3) is 0 Å². The summed E-state index contributed by atoms with van der Waals surface area (Å²) in [5.41, 5.74) is 1.59. The summed E-state index contributed by atoms with van der Waals surface area (Å²) in [6.07, 6.45) is 7.60. The molecule has 1 aliphatic carbocycles. The maximum atomic E-state index is 4.58. The number of aromatic nitrogens is 4. The van der Waals surface area contributed by atoms with E-state index in [4.69, 9.17) is 0 Å². The number of aromatic amines is 1. The quantitative estimate of drug-likeness (QED) is 0.786. The highest BCUT2D eigenvalue weighted by molar-refractivity contribution is 7.99. The number of hydrogen-bond acceptors (Lipinski definition) is 6. The van der Waals surface area contributed by atoms with Gasteiger partial charge in [-0.1, -0.05) is 6.42 Å². The lowest BCUT2D eigenvalue weighted by Gasteiger charge is -2.20. The van der Waals surface area contributed by atoms with Crippen molar-refractivity contribution >= 4 is 34.7 Å². The van der Waals surface area contributed by atoms with Crippen LogP contribution in [0.2, 0.25) is 0 Å². The molecule has 0 aliphatic heterocycles. The van der Waals surface area contributed by atoms with Crippen LogP contribution in [0.25, 0.3) is 11.2 Å². The van der Waals surface area contributed by atoms with Gasteiger partial charge >= 0.3 is 0 Å². The van der Waals surface area contributed by atoms with Gasteiger partial charge in [0, 0.05) is 17.8 Å². The minimum atomic E-state index is 0.473. The zero-order valence-electron chi connectivity index (χ0n) is 11.8. The van der Waals surface area contributed by atoms with E-state index in [0.29, 0.717) is 22.9 Å². The number of fused-ring (bicyclic) bond motifs is 1. The lowest BCUT2D eigenvalue weighted by Crippen LogP contribution is -2.26. The van der Waals surface area contributed by atoms with Crippen LogP contribution in [0.4, 0.5) is 11.8 Å². The Hall–Kier alpha value is -1.50. The molecule has 0 saturated heterocycles. The molecule has 3 rings (SSSR count). The molecule has 2 heterocycles. The number of H-pyrrole nitrogens is 1. The predicted molar refractivity (Wildman–Crippen MR) is 84.4 cm³/mol. The third kappa shape index (κ3) is 2.54. The summed E-state index contributed by atoms with van der Waals surface area (Å²) in [5.74, 6) is 1.49. The lowest BCUT2D eigenvalue weighted by molar-refractivity contribution is 0.764. The lowest BCUT2D eigenvalue weighted by atomic mass is 10.2. The van der Waals surface area contributed by atoms with Gasteiger partial charge in [-0.3, -0.25) is 0 Å². The molecule has 0 radical (unpaired) electrons. The second kappa shape index (κ2) is 5.87. The molecule has 3 N–H and O–H groups in total. The molecule has 20 heavy (non-hydrogen) atoms. The maximum Gasteiger partial charge on any atom is 0.226 e. The molecule has 7 heteroatoms. The predicted octanol–water partition coefficient (Wildman–Crippen LogP) is 2.48. The third-order valence-electron chi connectivity index (χ3n) is 3.70. The van der Waals surface area contributed by atoms with Crippen LogP contribution in [-0.2, 0) is 0 Å². The normalized spacial score (nSPS) is 22.3. The summed E-state index contributed by atoms with van der Waals surface area (Å²) in [4.78, 5) is 16.3. The monoisotopic (exact) mass is 292 g/mol. The summed E-state index contributed by atoms with van der Waals surface area (Å²) in [7, 11) is 0. The molecule has 108 valence electrons. The van der Waals surface area contributed by atoms with Gasteiger partial charge in [0.2, 0.25) is 5.95 Å². The standard InChI is InChI=1S/C13H20N6S/c1-3-14-13-18-11-10(15-7-16-11)12(19-13)17-8-5-4-6-9(8)20-2/h7-9H,3-6H2,1-2H3,(H3,14,15,16,17,18,19). The number of nitrogens with zero attached hydrogens (tertiary/aromatic N) is 3. The Balaban J connectivity index is 1.90. The van der Waals surface area contributed by atoms with Crippen molar-refractivity contribution in [3.05, 3.63) is 6.33 Å². The largest absolute Gasteiger partial charge is 0.364 e. The fourth-order valence-corrected chi connectivity index (χ4v) is 3.66. The highest BCUT2D eigenvalue weighted by Crippen LogP contribution is 2.31. The van der Waals surface area contributed by atoms with Crippen molar-refractivity contribution in [2.75, 3.05) is 23.4 Å². The molecule has 2 atom stereocenters. The molecule has 0 spiro atoms. The summed E-state index contributed by atoms with van der Waals surface area (Å²) < 4.78 is 0. The number of hydrogen-bond donors (Lipinski definition) is 3. The Bertz CT molecular complexity index is 583. The molecule has 2 unspecified atom stereocenters. The van der Waals surface area contributed by atoms with E-state index in [9.17, 15) is 0 Å². The summed E-state index contributed by atoms with van der Waals surface area (Å²) >= 11 is 1.93. The van der Waals surface area contributed by atoms with E-state index in [2.05, 4.69) is 36.8 Å². The zero-order valence-corrected chi connectivity index (χ0v) is 12.6. The van der Waals surface area contributed by atoms with Crippen LogP contribution in [-0.4, -0.2) is 44.0 Å². The number of thioether (sulfide) groups is 1. The molecular weight excluding hydrogens is 272 g/mol. The van der Waals surface area contributed by atoms with E-state index >= 15 is 0 Å². The van der Waals surface area contributed by atoms with Gasteiger partial charge in [0.05, 0.1) is 6.33 Å². The average molecular weight is 292 g/mol. The molecule has 2 aromatic heterocycles. The van der Waals surface area contributed by atoms with Gasteiger partial charge < -0.3 is 15.6 Å². The Labute approximate surface area is 122 Å². The second-order valence-electron chi connectivity index (χ2n) is 4.98. The molecular formula is C13H20N6S. The number of rotatable bonds is 5. The molecule has 1 saturated carbocycles. The van der Waals surface area contributed by atoms with Crippen molar-refractivity contribution < 1.29 is 0 Å². The first kappa shape index (κ1) is 13.5. The van der Waals surface area contributed by atoms with Crippen LogP contribution in [0.3, 0.4) is 0 Å². The first-order valence-electron chi connectivity index (χ1n) is 7.06. The Morgan fingerprint density at radius 2 is 2.30 bits per heavy atom. The highest BCUT2D eigenvalue weighted by atomic mass is 32.2. The van der Waals surface area contributed by atoms with Crippen molar-refractivity contribution in [1.82, 2.24) is 19.9 Å². The fraction of sp³-hybridized carbons (Fsp3) is 0.615. The van der Waals surface area contributed by atoms with Gasteiger partial charge in [-0.05, 0) is 26.0 Å². The number of anilines is 2. The molecule has 1 fully saturated rings. The number of imidazole rings is 1. The van der Waals surface area contributed by atoms with Crippen molar-refractivity contribution in [3.8, 4) is 0 Å². The van der Waals surface area contributed by atoms with Gasteiger partial charge in [-0.25, -0.2) is 4.98 Å². The van der Waals surface area contributed by atoms with Crippen molar-refractivity contribution in [3.63, 3.8) is 0 Å². The Morgan fingerprint density at radius 3 is 3.10 bits per heavy atom. The van der Waals surface area contributed by atoms with Crippen LogP contribution in [0.15, 0.2) is 6.33 Å². The summed E-state index contributed by atoms with van der Waals surface area (Å²) in [6, 6.07) is 0.473. The highest BCUT2D eigenvalue weighted by Gasteiger charge is 2.27. The Kier molecular flexibility index (Phi) is 3.95. The van der Waals surface area contributed by atoms with Crippen molar-refractivity contribution in [2.24, 2.45) is 0 Å². The maximum absolute atomic E-state index is 4.58. The fourth-order valence-electron chi connectivity index (χ4n) is 2.72. The summed E-state index contributed by atoms with van der Waals surface area (Å²) in [6.45, 7) is 2.83. The first-order chi connectivity index (χ1) is 9.81. The van der Waals surface area contributed by atoms with E-state index in [0.717, 1.165) is 17.9 Å². The van der Waals surface area contributed by atoms with Crippen molar-refractivity contribution in [2.45, 2.75) is 37.5 Å². The summed E-state index contributed by atoms with van der Waals surface area (Å²) in [5, 5.41) is 7.40. The van der Waals surface area contributed by atoms with Crippen LogP contribution in [0.1, 0.15) is 26.2 Å². The van der Waals surface area contributed by atoms with Gasteiger partial charge in [-0.2, -0.15) is 21.7 Å². The minimum absolute atomic E-state index is 0.473. The van der Waals surface area contributed by atoms with Crippen LogP contribution in [0.5, 0.6) is 0 Å². The van der Waals surface area contributed by atoms with E-state index in [-0.39, 0.29) is 0 Å². The molecule has 0 amide bonds.